The normalized spacial score (nSPS) is 15.4. The number of anilines is 1. The second kappa shape index (κ2) is 11.8. The van der Waals surface area contributed by atoms with Crippen molar-refractivity contribution in [3.63, 3.8) is 0 Å². The van der Waals surface area contributed by atoms with E-state index in [4.69, 9.17) is 0 Å². The highest BCUT2D eigenvalue weighted by Crippen LogP contribution is 2.38. The summed E-state index contributed by atoms with van der Waals surface area (Å²) in [5, 5.41) is 11.0. The minimum Gasteiger partial charge on any atom is -0.507 e. The maximum atomic E-state index is 16.0. The number of phenols is 1. The lowest BCUT2D eigenvalue weighted by atomic mass is 10.0. The second-order valence-electron chi connectivity index (χ2n) is 10.8. The average Bonchev–Trinajstić information content (AvgIpc) is 2.96. The van der Waals surface area contributed by atoms with Crippen molar-refractivity contribution in [3.05, 3.63) is 76.5 Å². The third kappa shape index (κ3) is 5.35. The number of aryl methyl sites for hydroxylation is 1. The van der Waals surface area contributed by atoms with Crippen LogP contribution in [0.3, 0.4) is 0 Å². The number of aromatic nitrogens is 4. The molecule has 4 heterocycles. The van der Waals surface area contributed by atoms with Crippen LogP contribution in [0.1, 0.15) is 37.9 Å². The number of nitrogens with zero attached hydrogens (tertiary/aromatic N) is 6. The molecule has 0 spiro atoms. The molecule has 1 aromatic carbocycles. The number of hydrogen-bond donors (Lipinski definition) is 1. The summed E-state index contributed by atoms with van der Waals surface area (Å²) in [6.07, 6.45) is 4.63. The summed E-state index contributed by atoms with van der Waals surface area (Å²) in [7, 11) is 0. The van der Waals surface area contributed by atoms with Crippen LogP contribution >= 0.6 is 11.8 Å². The molecule has 5 rings (SSSR count). The van der Waals surface area contributed by atoms with Crippen molar-refractivity contribution in [2.45, 2.75) is 44.6 Å². The molecule has 1 aliphatic heterocycles. The van der Waals surface area contributed by atoms with Gasteiger partial charge in [-0.2, -0.15) is 4.98 Å². The zero-order valence-electron chi connectivity index (χ0n) is 24.6. The Morgan fingerprint density at radius 2 is 1.93 bits per heavy atom. The van der Waals surface area contributed by atoms with E-state index in [1.54, 1.807) is 23.4 Å². The number of amides is 1. The van der Waals surface area contributed by atoms with Gasteiger partial charge in [0.2, 0.25) is 5.91 Å². The first-order valence-electron chi connectivity index (χ1n) is 13.8. The number of thioether (sulfide) groups is 1. The Labute approximate surface area is 251 Å². The molecular weight excluding hydrogens is 574 g/mol. The van der Waals surface area contributed by atoms with Gasteiger partial charge >= 0.3 is 5.69 Å². The summed E-state index contributed by atoms with van der Waals surface area (Å²) in [6, 6.07) is 5.18. The molecule has 4 aromatic rings. The van der Waals surface area contributed by atoms with Crippen LogP contribution in [0.15, 0.2) is 52.8 Å². The fourth-order valence-corrected chi connectivity index (χ4v) is 5.96. The Morgan fingerprint density at radius 1 is 1.19 bits per heavy atom. The monoisotopic (exact) mass is 606 g/mol. The van der Waals surface area contributed by atoms with Crippen LogP contribution in [-0.4, -0.2) is 67.4 Å². The third-order valence-corrected chi connectivity index (χ3v) is 8.33. The zero-order chi connectivity index (χ0) is 31.2. The van der Waals surface area contributed by atoms with Gasteiger partial charge in [0, 0.05) is 36.8 Å². The van der Waals surface area contributed by atoms with Crippen molar-refractivity contribution in [1.82, 2.24) is 24.4 Å². The number of phenolic OH excluding ortho intramolecular Hbond substituents is 1. The summed E-state index contributed by atoms with van der Waals surface area (Å²) in [4.78, 5) is 43.7. The molecule has 0 aliphatic carbocycles. The Hall–Kier alpha value is -4.32. The molecule has 0 saturated carbocycles. The van der Waals surface area contributed by atoms with E-state index in [0.29, 0.717) is 41.5 Å². The van der Waals surface area contributed by atoms with Crippen LogP contribution in [0.4, 0.5) is 14.6 Å². The van der Waals surface area contributed by atoms with Crippen molar-refractivity contribution in [2.75, 3.05) is 30.8 Å². The Morgan fingerprint density at radius 3 is 2.56 bits per heavy atom. The Kier molecular flexibility index (Phi) is 8.24. The van der Waals surface area contributed by atoms with Gasteiger partial charge in [-0.05, 0) is 61.9 Å². The highest BCUT2D eigenvalue weighted by Gasteiger charge is 2.31. The highest BCUT2D eigenvalue weighted by molar-refractivity contribution is 7.98. The average molecular weight is 607 g/mol. The summed E-state index contributed by atoms with van der Waals surface area (Å²) in [5.74, 6) is -2.33. The van der Waals surface area contributed by atoms with Gasteiger partial charge in [-0.1, -0.05) is 20.4 Å². The van der Waals surface area contributed by atoms with Gasteiger partial charge in [0.05, 0.1) is 22.3 Å². The van der Waals surface area contributed by atoms with Crippen molar-refractivity contribution in [1.29, 1.82) is 0 Å². The van der Waals surface area contributed by atoms with Crippen LogP contribution in [0.2, 0.25) is 0 Å². The first-order valence-corrected chi connectivity index (χ1v) is 15.0. The zero-order valence-corrected chi connectivity index (χ0v) is 25.4. The summed E-state index contributed by atoms with van der Waals surface area (Å²) in [5.41, 5.74) is 0.280. The molecule has 0 unspecified atom stereocenters. The number of piperazine rings is 1. The van der Waals surface area contributed by atoms with Gasteiger partial charge in [0.1, 0.15) is 23.1 Å². The minimum absolute atomic E-state index is 0.0361. The number of carbonyl (C=O) groups is 1. The van der Waals surface area contributed by atoms with Crippen molar-refractivity contribution in [3.8, 4) is 22.7 Å². The first-order chi connectivity index (χ1) is 20.5. The molecule has 3 aromatic heterocycles. The topological polar surface area (TPSA) is 104 Å². The molecule has 0 radical (unpaired) electrons. The fourth-order valence-electron chi connectivity index (χ4n) is 5.51. The molecule has 1 atom stereocenters. The van der Waals surface area contributed by atoms with Gasteiger partial charge in [-0.25, -0.2) is 23.1 Å². The third-order valence-electron chi connectivity index (χ3n) is 7.63. The van der Waals surface area contributed by atoms with E-state index in [9.17, 15) is 14.7 Å². The largest absolute Gasteiger partial charge is 0.507 e. The molecule has 1 saturated heterocycles. The van der Waals surface area contributed by atoms with Gasteiger partial charge in [0.15, 0.2) is 11.5 Å². The van der Waals surface area contributed by atoms with Gasteiger partial charge < -0.3 is 14.9 Å². The lowest BCUT2D eigenvalue weighted by Crippen LogP contribution is -2.54. The molecule has 1 amide bonds. The predicted molar refractivity (Wildman–Crippen MR) is 164 cm³/mol. The van der Waals surface area contributed by atoms with Gasteiger partial charge in [-0.3, -0.25) is 9.78 Å². The predicted octanol–water partition coefficient (Wildman–Crippen LogP) is 5.20. The maximum absolute atomic E-state index is 16.0. The number of rotatable bonds is 6. The number of benzene rings is 1. The van der Waals surface area contributed by atoms with Crippen molar-refractivity contribution in [2.24, 2.45) is 0 Å². The van der Waals surface area contributed by atoms with Crippen molar-refractivity contribution < 1.29 is 18.7 Å². The first kappa shape index (κ1) is 30.1. The molecule has 1 aliphatic rings. The van der Waals surface area contributed by atoms with E-state index >= 15 is 8.78 Å². The van der Waals surface area contributed by atoms with E-state index < -0.39 is 34.3 Å². The van der Waals surface area contributed by atoms with Crippen LogP contribution < -0.4 is 10.6 Å². The standard InChI is InChI=1S/C31H32F2N6O3S/c1-7-24(41)37-10-11-38(18(5)15-37)29-20-14-22(33)27(25-21(32)12-19(43-6)13-23(25)40)35-30(20)39(31(42)36-29)28-17(4)8-9-34-26(28)16(2)3/h7-9,12-14,16,18,40H,1,10-11,15H2,2-6H3/t18-/m0/s1. The number of aromatic hydroxyl groups is 1. The van der Waals surface area contributed by atoms with Crippen molar-refractivity contribution >= 4 is 34.5 Å². The number of hydrogen-bond acceptors (Lipinski definition) is 8. The minimum atomic E-state index is -0.896. The van der Waals surface area contributed by atoms with Crippen LogP contribution in [-0.2, 0) is 4.79 Å². The number of carbonyl (C=O) groups excluding carboxylic acids is 1. The molecule has 1 fully saturated rings. The molecular formula is C31H32F2N6O3S. The van der Waals surface area contributed by atoms with E-state index in [-0.39, 0.29) is 34.7 Å². The molecule has 1 N–H and O–H groups in total. The van der Waals surface area contributed by atoms with Gasteiger partial charge in [-0.15, -0.1) is 11.8 Å². The summed E-state index contributed by atoms with van der Waals surface area (Å²) >= 11 is 1.23. The highest BCUT2D eigenvalue weighted by atomic mass is 32.2. The smallest absolute Gasteiger partial charge is 0.355 e. The number of halogens is 2. The lowest BCUT2D eigenvalue weighted by molar-refractivity contribution is -0.126. The summed E-state index contributed by atoms with van der Waals surface area (Å²) in [6.45, 7) is 12.1. The Bertz CT molecular complexity index is 1800. The molecule has 9 nitrogen and oxygen atoms in total. The van der Waals surface area contributed by atoms with Crippen LogP contribution in [0, 0.1) is 18.6 Å². The van der Waals surface area contributed by atoms with Crippen LogP contribution in [0.5, 0.6) is 5.75 Å². The molecule has 43 heavy (non-hydrogen) atoms. The number of pyridine rings is 2. The molecule has 0 bridgehead atoms. The molecule has 12 heteroatoms. The van der Waals surface area contributed by atoms with E-state index in [1.165, 1.54) is 40.6 Å². The quantitative estimate of drug-likeness (QED) is 0.236. The maximum Gasteiger partial charge on any atom is 0.355 e. The van der Waals surface area contributed by atoms with Gasteiger partial charge in [0.25, 0.3) is 0 Å². The van der Waals surface area contributed by atoms with Crippen LogP contribution in [0.25, 0.3) is 28.0 Å². The number of fused-ring (bicyclic) bond motifs is 1. The van der Waals surface area contributed by atoms with E-state index in [2.05, 4.69) is 21.5 Å². The molecule has 224 valence electrons. The summed E-state index contributed by atoms with van der Waals surface area (Å²) < 4.78 is 32.6. The Balaban J connectivity index is 1.83. The van der Waals surface area contributed by atoms with E-state index in [0.717, 1.165) is 0 Å². The second-order valence-corrected chi connectivity index (χ2v) is 11.7. The fraction of sp³-hybridized carbons (Fsp3) is 0.323. The SMILES string of the molecule is C=CC(=O)N1CCN(c2nc(=O)n(-c3c(C)ccnc3C(C)C)c3nc(-c4c(O)cc(SC)cc4F)c(F)cc23)[C@@H](C)C1. The van der Waals surface area contributed by atoms with E-state index in [1.807, 2.05) is 32.6 Å². The lowest BCUT2D eigenvalue weighted by Gasteiger charge is -2.40.